The highest BCUT2D eigenvalue weighted by molar-refractivity contribution is 5.86. The summed E-state index contributed by atoms with van der Waals surface area (Å²) < 4.78 is 15.9. The molecule has 5 rings (SSSR count). The Hall–Kier alpha value is -4.86. The van der Waals surface area contributed by atoms with Crippen molar-refractivity contribution in [3.05, 3.63) is 95.6 Å². The van der Waals surface area contributed by atoms with Crippen molar-refractivity contribution in [2.24, 2.45) is 0 Å². The second-order valence-electron chi connectivity index (χ2n) is 13.5. The van der Waals surface area contributed by atoms with Gasteiger partial charge in [0, 0.05) is 48.5 Å². The van der Waals surface area contributed by atoms with E-state index >= 15 is 0 Å². The van der Waals surface area contributed by atoms with Gasteiger partial charge in [-0.15, -0.1) is 0 Å². The highest BCUT2D eigenvalue weighted by Crippen LogP contribution is 2.34. The Morgan fingerprint density at radius 1 is 0.958 bits per heavy atom. The molecule has 0 bridgehead atoms. The molecule has 2 heterocycles. The topological polar surface area (TPSA) is 103 Å². The van der Waals surface area contributed by atoms with E-state index in [4.69, 9.17) is 4.98 Å². The summed E-state index contributed by atoms with van der Waals surface area (Å²) in [5, 5.41) is 17.3. The average Bonchev–Trinajstić information content (AvgIpc) is 3.41. The number of anilines is 3. The van der Waals surface area contributed by atoms with Crippen molar-refractivity contribution in [2.45, 2.75) is 85.0 Å². The van der Waals surface area contributed by atoms with Gasteiger partial charge in [0.15, 0.2) is 0 Å². The van der Waals surface area contributed by atoms with Crippen molar-refractivity contribution in [1.29, 1.82) is 0 Å². The molecule has 1 atom stereocenters. The predicted molar refractivity (Wildman–Crippen MR) is 189 cm³/mol. The van der Waals surface area contributed by atoms with Crippen LogP contribution in [0.2, 0.25) is 0 Å². The van der Waals surface area contributed by atoms with E-state index in [2.05, 4.69) is 22.1 Å². The van der Waals surface area contributed by atoms with Crippen LogP contribution in [0.4, 0.5) is 26.4 Å². The number of fused-ring (bicyclic) bond motifs is 1. The van der Waals surface area contributed by atoms with Gasteiger partial charge in [0.1, 0.15) is 29.2 Å². The van der Waals surface area contributed by atoms with Crippen LogP contribution in [0.15, 0.2) is 72.8 Å². The lowest BCUT2D eigenvalue weighted by molar-refractivity contribution is -0.139. The van der Waals surface area contributed by atoms with E-state index in [1.807, 2.05) is 76.2 Å². The molecular formula is C38H47FN6O3. The zero-order chi connectivity index (χ0) is 34.4. The van der Waals surface area contributed by atoms with Crippen molar-refractivity contribution in [2.75, 3.05) is 23.7 Å². The third-order valence-electron chi connectivity index (χ3n) is 8.73. The van der Waals surface area contributed by atoms with Crippen LogP contribution in [0, 0.1) is 12.7 Å². The quantitative estimate of drug-likeness (QED) is 0.134. The lowest BCUT2D eigenvalue weighted by atomic mass is 9.97. The molecule has 1 aliphatic heterocycles. The maximum absolute atomic E-state index is 14.4. The molecule has 0 saturated carbocycles. The van der Waals surface area contributed by atoms with Gasteiger partial charge in [0.05, 0.1) is 6.54 Å². The maximum atomic E-state index is 14.4. The van der Waals surface area contributed by atoms with Crippen molar-refractivity contribution >= 4 is 29.2 Å². The summed E-state index contributed by atoms with van der Waals surface area (Å²) in [4.78, 5) is 35.1. The SMILES string of the molecule is CCCCCNc1ccc(C[C@@H](C(=O)N2CCn3c(nc(-c4ccc(F)cc4)c3Nc3ccc(C)cc3)C2)N(C(=O)O)C(C)(C)C)cc1. The second kappa shape index (κ2) is 14.9. The fourth-order valence-corrected chi connectivity index (χ4v) is 6.21. The summed E-state index contributed by atoms with van der Waals surface area (Å²) in [6.07, 6.45) is 2.52. The van der Waals surface area contributed by atoms with Crippen molar-refractivity contribution in [1.82, 2.24) is 19.4 Å². The number of nitrogens with zero attached hydrogens (tertiary/aromatic N) is 4. The number of aromatic nitrogens is 2. The average molecular weight is 655 g/mol. The van der Waals surface area contributed by atoms with Gasteiger partial charge < -0.3 is 25.2 Å². The summed E-state index contributed by atoms with van der Waals surface area (Å²) in [6.45, 7) is 11.6. The normalized spacial score (nSPS) is 13.5. The number of unbranched alkanes of at least 4 members (excludes halogenated alkanes) is 2. The van der Waals surface area contributed by atoms with Crippen LogP contribution in [0.1, 0.15) is 63.9 Å². The van der Waals surface area contributed by atoms with E-state index in [1.165, 1.54) is 23.5 Å². The molecule has 10 heteroatoms. The highest BCUT2D eigenvalue weighted by atomic mass is 19.1. The van der Waals surface area contributed by atoms with E-state index < -0.39 is 17.7 Å². The van der Waals surface area contributed by atoms with Crippen LogP contribution in [-0.2, 0) is 24.3 Å². The van der Waals surface area contributed by atoms with Crippen molar-refractivity contribution in [3.8, 4) is 11.3 Å². The number of nitrogens with one attached hydrogen (secondary N) is 2. The van der Waals surface area contributed by atoms with Gasteiger partial charge in [-0.2, -0.15) is 0 Å². The number of carbonyl (C=O) groups excluding carboxylic acids is 1. The molecule has 0 radical (unpaired) electrons. The zero-order valence-electron chi connectivity index (χ0n) is 28.6. The molecule has 9 nitrogen and oxygen atoms in total. The third kappa shape index (κ3) is 8.16. The molecule has 254 valence electrons. The number of hydrogen-bond acceptors (Lipinski definition) is 5. The Morgan fingerprint density at radius 3 is 2.25 bits per heavy atom. The number of benzene rings is 3. The van der Waals surface area contributed by atoms with Crippen LogP contribution in [0.3, 0.4) is 0 Å². The Morgan fingerprint density at radius 2 is 1.62 bits per heavy atom. The predicted octanol–water partition coefficient (Wildman–Crippen LogP) is 8.08. The standard InChI is InChI=1S/C38H47FN6O3/c1-6-7-8-21-40-30-19-11-27(12-20-30)24-32(45(37(47)48)38(3,4)5)36(46)43-22-23-44-33(25-43)42-34(28-13-15-29(39)16-14-28)35(44)41-31-17-9-26(2)10-18-31/h9-20,32,40-41H,6-8,21-25H2,1-5H3,(H,47,48)/t32-/m0/s1. The molecule has 0 spiro atoms. The number of aryl methyl sites for hydroxylation is 1. The van der Waals surface area contributed by atoms with Gasteiger partial charge >= 0.3 is 6.09 Å². The molecule has 1 aliphatic rings. The molecule has 3 N–H and O–H groups in total. The third-order valence-corrected chi connectivity index (χ3v) is 8.73. The fraction of sp³-hybridized carbons (Fsp3) is 0.395. The van der Waals surface area contributed by atoms with Gasteiger partial charge in [-0.3, -0.25) is 9.69 Å². The highest BCUT2D eigenvalue weighted by Gasteiger charge is 2.40. The number of halogens is 1. The van der Waals surface area contributed by atoms with Crippen LogP contribution >= 0.6 is 0 Å². The molecular weight excluding hydrogens is 607 g/mol. The molecule has 48 heavy (non-hydrogen) atoms. The molecule has 0 unspecified atom stereocenters. The Kier molecular flexibility index (Phi) is 10.7. The number of imidazole rings is 1. The summed E-state index contributed by atoms with van der Waals surface area (Å²) in [6, 6.07) is 21.2. The summed E-state index contributed by atoms with van der Waals surface area (Å²) >= 11 is 0. The van der Waals surface area contributed by atoms with E-state index in [-0.39, 0.29) is 24.7 Å². The molecule has 3 aromatic carbocycles. The fourth-order valence-electron chi connectivity index (χ4n) is 6.21. The minimum atomic E-state index is -1.14. The van der Waals surface area contributed by atoms with Crippen LogP contribution < -0.4 is 10.6 Å². The lowest BCUT2D eigenvalue weighted by Gasteiger charge is -2.41. The zero-order valence-corrected chi connectivity index (χ0v) is 28.6. The first kappa shape index (κ1) is 34.5. The van der Waals surface area contributed by atoms with Gasteiger partial charge in [-0.25, -0.2) is 14.2 Å². The number of rotatable bonds is 12. The first-order valence-corrected chi connectivity index (χ1v) is 16.8. The molecule has 0 saturated heterocycles. The molecule has 4 aromatic rings. The molecule has 1 aromatic heterocycles. The molecule has 0 aliphatic carbocycles. The number of carboxylic acid groups (broad SMARTS) is 1. The molecule has 2 amide bonds. The Balaban J connectivity index is 1.43. The van der Waals surface area contributed by atoms with E-state index in [9.17, 15) is 19.1 Å². The first-order chi connectivity index (χ1) is 22.9. The first-order valence-electron chi connectivity index (χ1n) is 16.8. The van der Waals surface area contributed by atoms with Crippen LogP contribution in [0.5, 0.6) is 0 Å². The van der Waals surface area contributed by atoms with Crippen LogP contribution in [0.25, 0.3) is 11.3 Å². The van der Waals surface area contributed by atoms with E-state index in [0.29, 0.717) is 24.6 Å². The second-order valence-corrected chi connectivity index (χ2v) is 13.5. The summed E-state index contributed by atoms with van der Waals surface area (Å²) in [5.41, 5.74) is 4.48. The lowest BCUT2D eigenvalue weighted by Crippen LogP contribution is -2.59. The van der Waals surface area contributed by atoms with E-state index in [1.54, 1.807) is 17.0 Å². The minimum Gasteiger partial charge on any atom is -0.465 e. The smallest absolute Gasteiger partial charge is 0.408 e. The summed E-state index contributed by atoms with van der Waals surface area (Å²) in [7, 11) is 0. The van der Waals surface area contributed by atoms with Gasteiger partial charge in [-0.1, -0.05) is 49.6 Å². The van der Waals surface area contributed by atoms with Gasteiger partial charge in [-0.05, 0) is 88.2 Å². The van der Waals surface area contributed by atoms with E-state index in [0.717, 1.165) is 53.3 Å². The van der Waals surface area contributed by atoms with Gasteiger partial charge in [0.25, 0.3) is 0 Å². The monoisotopic (exact) mass is 654 g/mol. The largest absolute Gasteiger partial charge is 0.465 e. The van der Waals surface area contributed by atoms with Crippen LogP contribution in [-0.4, -0.2) is 61.1 Å². The Bertz CT molecular complexity index is 1690. The number of hydrogen-bond donors (Lipinski definition) is 3. The maximum Gasteiger partial charge on any atom is 0.408 e. The van der Waals surface area contributed by atoms with Gasteiger partial charge in [0.2, 0.25) is 5.91 Å². The molecule has 0 fully saturated rings. The minimum absolute atomic E-state index is 0.206. The number of amides is 2. The number of carbonyl (C=O) groups is 2. The Labute approximate surface area is 282 Å². The van der Waals surface area contributed by atoms with Crippen molar-refractivity contribution < 1.29 is 19.1 Å². The van der Waals surface area contributed by atoms with Crippen molar-refractivity contribution in [3.63, 3.8) is 0 Å². The summed E-state index contributed by atoms with van der Waals surface area (Å²) in [5.74, 6) is 0.825.